The van der Waals surface area contributed by atoms with Crippen molar-refractivity contribution in [1.82, 2.24) is 4.90 Å². The van der Waals surface area contributed by atoms with Crippen LogP contribution in [0.25, 0.3) is 10.1 Å². The molecule has 1 aromatic heterocycles. The standard InChI is InChI=1S/C20H29NO2S/c1-3-16(2)18-14-17-6-13-24-20(17)15-19(18)23-10-5-4-7-21-8-11-22-12-9-21/h6,13-16H,3-5,7-12H2,1-2H3. The number of ether oxygens (including phenoxy) is 2. The second-order valence-electron chi connectivity index (χ2n) is 6.67. The number of fused-ring (bicyclic) bond motifs is 1. The molecule has 1 unspecified atom stereocenters. The van der Waals surface area contributed by atoms with Gasteiger partial charge in [-0.1, -0.05) is 13.8 Å². The van der Waals surface area contributed by atoms with Crippen LogP contribution >= 0.6 is 11.3 Å². The highest BCUT2D eigenvalue weighted by molar-refractivity contribution is 7.17. The molecule has 1 aliphatic heterocycles. The highest BCUT2D eigenvalue weighted by Gasteiger charge is 2.13. The number of hydrogen-bond donors (Lipinski definition) is 0. The van der Waals surface area contributed by atoms with E-state index in [4.69, 9.17) is 9.47 Å². The van der Waals surface area contributed by atoms with Crippen molar-refractivity contribution in [2.24, 2.45) is 0 Å². The van der Waals surface area contributed by atoms with Crippen LogP contribution in [0.2, 0.25) is 0 Å². The molecule has 1 aromatic carbocycles. The molecule has 1 aliphatic rings. The van der Waals surface area contributed by atoms with Gasteiger partial charge in [0.15, 0.2) is 0 Å². The molecule has 4 heteroatoms. The molecule has 0 aliphatic carbocycles. The summed E-state index contributed by atoms with van der Waals surface area (Å²) in [6.07, 6.45) is 3.45. The number of morpholine rings is 1. The normalized spacial score (nSPS) is 17.2. The predicted molar refractivity (Wildman–Crippen MR) is 103 cm³/mol. The van der Waals surface area contributed by atoms with Crippen molar-refractivity contribution < 1.29 is 9.47 Å². The highest BCUT2D eigenvalue weighted by atomic mass is 32.1. The van der Waals surface area contributed by atoms with Gasteiger partial charge in [0, 0.05) is 17.8 Å². The zero-order valence-electron chi connectivity index (χ0n) is 14.9. The van der Waals surface area contributed by atoms with Gasteiger partial charge in [-0.2, -0.15) is 0 Å². The number of unbranched alkanes of at least 4 members (excludes halogenated alkanes) is 1. The van der Waals surface area contributed by atoms with E-state index in [2.05, 4.69) is 42.3 Å². The highest BCUT2D eigenvalue weighted by Crippen LogP contribution is 2.35. The minimum atomic E-state index is 0.539. The zero-order chi connectivity index (χ0) is 16.8. The van der Waals surface area contributed by atoms with Gasteiger partial charge in [-0.15, -0.1) is 11.3 Å². The molecule has 132 valence electrons. The van der Waals surface area contributed by atoms with Crippen molar-refractivity contribution in [3.05, 3.63) is 29.1 Å². The smallest absolute Gasteiger partial charge is 0.124 e. The van der Waals surface area contributed by atoms with Gasteiger partial charge in [0.1, 0.15) is 5.75 Å². The molecule has 0 N–H and O–H groups in total. The van der Waals surface area contributed by atoms with Crippen LogP contribution < -0.4 is 4.74 Å². The molecule has 2 heterocycles. The van der Waals surface area contributed by atoms with E-state index in [0.29, 0.717) is 5.92 Å². The number of rotatable bonds is 8. The van der Waals surface area contributed by atoms with Gasteiger partial charge in [-0.3, -0.25) is 4.90 Å². The van der Waals surface area contributed by atoms with Crippen LogP contribution in [-0.2, 0) is 4.74 Å². The summed E-state index contributed by atoms with van der Waals surface area (Å²) in [4.78, 5) is 2.49. The lowest BCUT2D eigenvalue weighted by Gasteiger charge is -2.26. The second kappa shape index (κ2) is 8.84. The number of thiophene rings is 1. The topological polar surface area (TPSA) is 21.7 Å². The van der Waals surface area contributed by atoms with Crippen LogP contribution in [0.1, 0.15) is 44.6 Å². The third-order valence-corrected chi connectivity index (χ3v) is 5.84. The fourth-order valence-corrected chi connectivity index (χ4v) is 3.98. The zero-order valence-corrected chi connectivity index (χ0v) is 15.7. The summed E-state index contributed by atoms with van der Waals surface area (Å²) < 4.78 is 12.9. The minimum Gasteiger partial charge on any atom is -0.493 e. The Morgan fingerprint density at radius 1 is 1.25 bits per heavy atom. The SMILES string of the molecule is CCC(C)c1cc2ccsc2cc1OCCCCN1CCOCC1. The molecule has 2 aromatic rings. The molecular weight excluding hydrogens is 318 g/mol. The summed E-state index contributed by atoms with van der Waals surface area (Å²) >= 11 is 1.79. The summed E-state index contributed by atoms with van der Waals surface area (Å²) in [6, 6.07) is 6.77. The van der Waals surface area contributed by atoms with E-state index in [1.54, 1.807) is 11.3 Å². The van der Waals surface area contributed by atoms with Crippen molar-refractivity contribution in [3.8, 4) is 5.75 Å². The number of nitrogens with zero attached hydrogens (tertiary/aromatic N) is 1. The minimum absolute atomic E-state index is 0.539. The van der Waals surface area contributed by atoms with Gasteiger partial charge in [0.2, 0.25) is 0 Å². The van der Waals surface area contributed by atoms with E-state index < -0.39 is 0 Å². The summed E-state index contributed by atoms with van der Waals surface area (Å²) in [5.74, 6) is 1.63. The predicted octanol–water partition coefficient (Wildman–Crippen LogP) is 4.91. The fourth-order valence-electron chi connectivity index (χ4n) is 3.18. The van der Waals surface area contributed by atoms with E-state index in [1.165, 1.54) is 22.1 Å². The second-order valence-corrected chi connectivity index (χ2v) is 7.62. The monoisotopic (exact) mass is 347 g/mol. The van der Waals surface area contributed by atoms with Crippen molar-refractivity contribution >= 4 is 21.4 Å². The quantitative estimate of drug-likeness (QED) is 0.634. The Kier molecular flexibility index (Phi) is 6.52. The van der Waals surface area contributed by atoms with Crippen molar-refractivity contribution in [2.45, 2.75) is 39.0 Å². The average molecular weight is 348 g/mol. The van der Waals surface area contributed by atoms with Crippen LogP contribution in [0.5, 0.6) is 5.75 Å². The van der Waals surface area contributed by atoms with E-state index in [-0.39, 0.29) is 0 Å². The van der Waals surface area contributed by atoms with Crippen LogP contribution in [0.15, 0.2) is 23.6 Å². The average Bonchev–Trinajstić information content (AvgIpc) is 3.08. The van der Waals surface area contributed by atoms with Gasteiger partial charge < -0.3 is 9.47 Å². The lowest BCUT2D eigenvalue weighted by atomic mass is 9.96. The van der Waals surface area contributed by atoms with Crippen molar-refractivity contribution in [2.75, 3.05) is 39.5 Å². The Morgan fingerprint density at radius 2 is 2.08 bits per heavy atom. The third-order valence-electron chi connectivity index (χ3n) is 4.96. The first kappa shape index (κ1) is 17.7. The first-order valence-electron chi connectivity index (χ1n) is 9.22. The van der Waals surface area contributed by atoms with Crippen molar-refractivity contribution in [3.63, 3.8) is 0 Å². The molecule has 3 nitrogen and oxygen atoms in total. The molecule has 3 rings (SSSR count). The van der Waals surface area contributed by atoms with E-state index in [1.807, 2.05) is 0 Å². The van der Waals surface area contributed by atoms with Gasteiger partial charge in [-0.05, 0) is 66.3 Å². The molecule has 0 spiro atoms. The first-order chi connectivity index (χ1) is 11.8. The third kappa shape index (κ3) is 4.50. The largest absolute Gasteiger partial charge is 0.493 e. The van der Waals surface area contributed by atoms with Crippen LogP contribution in [0.3, 0.4) is 0 Å². The molecule has 1 saturated heterocycles. The molecule has 0 amide bonds. The fraction of sp³-hybridized carbons (Fsp3) is 0.600. The van der Waals surface area contributed by atoms with Gasteiger partial charge in [-0.25, -0.2) is 0 Å². The maximum Gasteiger partial charge on any atom is 0.124 e. The van der Waals surface area contributed by atoms with Gasteiger partial charge in [0.25, 0.3) is 0 Å². The molecule has 0 bridgehead atoms. The van der Waals surface area contributed by atoms with Gasteiger partial charge in [0.05, 0.1) is 19.8 Å². The molecule has 1 atom stereocenters. The Balaban J connectivity index is 1.53. The maximum absolute atomic E-state index is 6.19. The lowest BCUT2D eigenvalue weighted by Crippen LogP contribution is -2.36. The van der Waals surface area contributed by atoms with Crippen LogP contribution in [-0.4, -0.2) is 44.4 Å². The molecular formula is C20H29NO2S. The maximum atomic E-state index is 6.19. The molecule has 0 radical (unpaired) electrons. The summed E-state index contributed by atoms with van der Waals surface area (Å²) in [5.41, 5.74) is 1.36. The summed E-state index contributed by atoms with van der Waals surface area (Å²) in [6.45, 7) is 10.4. The lowest BCUT2D eigenvalue weighted by molar-refractivity contribution is 0.0368. The summed E-state index contributed by atoms with van der Waals surface area (Å²) in [5, 5.41) is 3.51. The van der Waals surface area contributed by atoms with Crippen molar-refractivity contribution in [1.29, 1.82) is 0 Å². The number of benzene rings is 1. The van der Waals surface area contributed by atoms with Crippen LogP contribution in [0.4, 0.5) is 0 Å². The van der Waals surface area contributed by atoms with E-state index in [9.17, 15) is 0 Å². The Bertz CT molecular complexity index is 634. The summed E-state index contributed by atoms with van der Waals surface area (Å²) in [7, 11) is 0. The van der Waals surface area contributed by atoms with E-state index in [0.717, 1.165) is 58.0 Å². The Labute approximate surface area is 149 Å². The Morgan fingerprint density at radius 3 is 2.88 bits per heavy atom. The molecule has 24 heavy (non-hydrogen) atoms. The molecule has 1 fully saturated rings. The number of hydrogen-bond acceptors (Lipinski definition) is 4. The van der Waals surface area contributed by atoms with E-state index >= 15 is 0 Å². The van der Waals surface area contributed by atoms with Crippen LogP contribution in [0, 0.1) is 0 Å². The molecule has 0 saturated carbocycles. The van der Waals surface area contributed by atoms with Gasteiger partial charge >= 0.3 is 0 Å². The Hall–Kier alpha value is -1.10. The first-order valence-corrected chi connectivity index (χ1v) is 10.1.